The molecule has 2 heterocycles. The Morgan fingerprint density at radius 2 is 2.00 bits per heavy atom. The summed E-state index contributed by atoms with van der Waals surface area (Å²) >= 11 is 1.35. The molecule has 114 valence electrons. The van der Waals surface area contributed by atoms with Gasteiger partial charge in [-0.05, 0) is 12.1 Å². The minimum atomic E-state index is -0.179. The number of nitrogens with one attached hydrogen (secondary N) is 1. The Labute approximate surface area is 131 Å². The van der Waals surface area contributed by atoms with E-state index in [0.29, 0.717) is 33.6 Å². The number of nitrogens with zero attached hydrogens (tertiary/aromatic N) is 3. The van der Waals surface area contributed by atoms with Crippen molar-refractivity contribution in [3.05, 3.63) is 46.3 Å². The summed E-state index contributed by atoms with van der Waals surface area (Å²) in [4.78, 5) is 19.2. The van der Waals surface area contributed by atoms with Crippen LogP contribution in [0.4, 0.5) is 0 Å². The van der Waals surface area contributed by atoms with Crippen molar-refractivity contribution >= 4 is 22.7 Å². The number of para-hydroxylation sites is 1. The molecule has 3 rings (SSSR count). The molecule has 0 fully saturated rings. The fourth-order valence-corrected chi connectivity index (χ4v) is 2.54. The Hall–Kier alpha value is -2.15. The number of aromatic amines is 1. The van der Waals surface area contributed by atoms with Crippen molar-refractivity contribution in [2.24, 2.45) is 0 Å². The van der Waals surface area contributed by atoms with E-state index in [4.69, 9.17) is 4.42 Å². The third-order valence-corrected chi connectivity index (χ3v) is 3.87. The lowest BCUT2D eigenvalue weighted by Crippen LogP contribution is -2.11. The van der Waals surface area contributed by atoms with E-state index in [0.717, 1.165) is 0 Å². The second kappa shape index (κ2) is 5.57. The molecule has 0 aliphatic rings. The van der Waals surface area contributed by atoms with Crippen molar-refractivity contribution < 1.29 is 4.42 Å². The first kappa shape index (κ1) is 14.8. The number of H-pyrrole nitrogens is 1. The molecule has 1 N–H and O–H groups in total. The van der Waals surface area contributed by atoms with E-state index in [1.54, 1.807) is 6.07 Å². The standard InChI is InChI=1S/C15H16N4O2S/c1-15(2,3)13-18-19-14(21-13)22-8-11-16-10-7-5-4-6-9(10)12(20)17-11/h4-7H,8H2,1-3H3,(H,16,17,20). The molecule has 0 aliphatic heterocycles. The van der Waals surface area contributed by atoms with Crippen LogP contribution in [-0.2, 0) is 11.2 Å². The van der Waals surface area contributed by atoms with Crippen LogP contribution in [0.2, 0.25) is 0 Å². The zero-order valence-corrected chi connectivity index (χ0v) is 13.4. The molecule has 7 heteroatoms. The van der Waals surface area contributed by atoms with Gasteiger partial charge in [0.2, 0.25) is 5.89 Å². The highest BCUT2D eigenvalue weighted by atomic mass is 32.2. The normalized spacial score (nSPS) is 12.0. The van der Waals surface area contributed by atoms with Crippen LogP contribution in [0.3, 0.4) is 0 Å². The first-order valence-corrected chi connectivity index (χ1v) is 7.87. The predicted molar refractivity (Wildman–Crippen MR) is 84.9 cm³/mol. The molecule has 0 spiro atoms. The average molecular weight is 316 g/mol. The van der Waals surface area contributed by atoms with Crippen LogP contribution >= 0.6 is 11.8 Å². The van der Waals surface area contributed by atoms with Gasteiger partial charge in [-0.25, -0.2) is 4.98 Å². The molecule has 3 aromatic rings. The molecule has 0 saturated carbocycles. The summed E-state index contributed by atoms with van der Waals surface area (Å²) in [5.74, 6) is 1.64. The van der Waals surface area contributed by atoms with Gasteiger partial charge in [0, 0.05) is 5.41 Å². The Morgan fingerprint density at radius 3 is 2.73 bits per heavy atom. The molecular formula is C15H16N4O2S. The second-order valence-electron chi connectivity index (χ2n) is 5.94. The van der Waals surface area contributed by atoms with Gasteiger partial charge in [0.25, 0.3) is 10.8 Å². The van der Waals surface area contributed by atoms with E-state index in [-0.39, 0.29) is 11.0 Å². The quantitative estimate of drug-likeness (QED) is 0.748. The number of hydrogen-bond acceptors (Lipinski definition) is 6. The van der Waals surface area contributed by atoms with Crippen LogP contribution in [0.15, 0.2) is 38.7 Å². The van der Waals surface area contributed by atoms with Crippen molar-refractivity contribution in [1.29, 1.82) is 0 Å². The molecule has 22 heavy (non-hydrogen) atoms. The zero-order chi connectivity index (χ0) is 15.7. The van der Waals surface area contributed by atoms with Gasteiger partial charge in [-0.3, -0.25) is 4.79 Å². The van der Waals surface area contributed by atoms with Gasteiger partial charge in [0.15, 0.2) is 0 Å². The molecule has 0 bridgehead atoms. The third-order valence-electron chi connectivity index (χ3n) is 3.04. The van der Waals surface area contributed by atoms with Crippen molar-refractivity contribution in [3.8, 4) is 0 Å². The minimum absolute atomic E-state index is 0.137. The summed E-state index contributed by atoms with van der Waals surface area (Å²) in [6.07, 6.45) is 0. The Bertz CT molecular complexity index is 864. The monoisotopic (exact) mass is 316 g/mol. The number of aromatic nitrogens is 4. The first-order valence-electron chi connectivity index (χ1n) is 6.88. The molecule has 6 nitrogen and oxygen atoms in total. The molecule has 0 unspecified atom stereocenters. The lowest BCUT2D eigenvalue weighted by atomic mass is 9.97. The summed E-state index contributed by atoms with van der Waals surface area (Å²) in [6.45, 7) is 6.03. The number of rotatable bonds is 3. The largest absolute Gasteiger partial charge is 0.415 e. The second-order valence-corrected chi connectivity index (χ2v) is 6.87. The van der Waals surface area contributed by atoms with Crippen molar-refractivity contribution in [3.63, 3.8) is 0 Å². The van der Waals surface area contributed by atoms with Crippen molar-refractivity contribution in [2.75, 3.05) is 0 Å². The Balaban J connectivity index is 1.79. The lowest BCUT2D eigenvalue weighted by molar-refractivity contribution is 0.347. The predicted octanol–water partition coefficient (Wildman–Crippen LogP) is 2.90. The highest BCUT2D eigenvalue weighted by molar-refractivity contribution is 7.98. The molecule has 0 radical (unpaired) electrons. The van der Waals surface area contributed by atoms with Gasteiger partial charge in [-0.2, -0.15) is 0 Å². The van der Waals surface area contributed by atoms with Crippen LogP contribution in [0.1, 0.15) is 32.5 Å². The summed E-state index contributed by atoms with van der Waals surface area (Å²) in [5.41, 5.74) is 0.367. The van der Waals surface area contributed by atoms with Gasteiger partial charge in [0.05, 0.1) is 16.7 Å². The fraction of sp³-hybridized carbons (Fsp3) is 0.333. The van der Waals surface area contributed by atoms with Crippen molar-refractivity contribution in [2.45, 2.75) is 37.2 Å². The van der Waals surface area contributed by atoms with Crippen molar-refractivity contribution in [1.82, 2.24) is 20.2 Å². The molecule has 1 aromatic carbocycles. The van der Waals surface area contributed by atoms with E-state index >= 15 is 0 Å². The molecule has 2 aromatic heterocycles. The van der Waals surface area contributed by atoms with Crippen LogP contribution in [0.25, 0.3) is 10.9 Å². The number of hydrogen-bond donors (Lipinski definition) is 1. The molecule has 0 aliphatic carbocycles. The smallest absolute Gasteiger partial charge is 0.277 e. The highest BCUT2D eigenvalue weighted by Gasteiger charge is 2.21. The zero-order valence-electron chi connectivity index (χ0n) is 12.6. The number of fused-ring (bicyclic) bond motifs is 1. The highest BCUT2D eigenvalue weighted by Crippen LogP contribution is 2.26. The van der Waals surface area contributed by atoms with Crippen LogP contribution in [0.5, 0.6) is 0 Å². The lowest BCUT2D eigenvalue weighted by Gasteiger charge is -2.10. The van der Waals surface area contributed by atoms with Gasteiger partial charge in [0.1, 0.15) is 5.82 Å². The maximum absolute atomic E-state index is 12.0. The van der Waals surface area contributed by atoms with E-state index < -0.39 is 0 Å². The van der Waals surface area contributed by atoms with E-state index in [2.05, 4.69) is 20.2 Å². The topological polar surface area (TPSA) is 84.7 Å². The summed E-state index contributed by atoms with van der Waals surface area (Å²) < 4.78 is 5.61. The van der Waals surface area contributed by atoms with Gasteiger partial charge in [-0.1, -0.05) is 44.7 Å². The van der Waals surface area contributed by atoms with E-state index in [1.165, 1.54) is 11.8 Å². The summed E-state index contributed by atoms with van der Waals surface area (Å²) in [6, 6.07) is 7.26. The van der Waals surface area contributed by atoms with Crippen LogP contribution < -0.4 is 5.56 Å². The first-order chi connectivity index (χ1) is 10.4. The van der Waals surface area contributed by atoms with E-state index in [1.807, 2.05) is 39.0 Å². The van der Waals surface area contributed by atoms with Crippen LogP contribution in [-0.4, -0.2) is 20.2 Å². The summed E-state index contributed by atoms with van der Waals surface area (Å²) in [7, 11) is 0. The Kier molecular flexibility index (Phi) is 3.74. The maximum atomic E-state index is 12.0. The van der Waals surface area contributed by atoms with Gasteiger partial charge >= 0.3 is 0 Å². The average Bonchev–Trinajstić information content (AvgIpc) is 2.94. The number of thioether (sulfide) groups is 1. The Morgan fingerprint density at radius 1 is 1.23 bits per heavy atom. The van der Waals surface area contributed by atoms with Gasteiger partial charge < -0.3 is 9.40 Å². The molecular weight excluding hydrogens is 300 g/mol. The van der Waals surface area contributed by atoms with Crippen LogP contribution in [0, 0.1) is 0 Å². The fourth-order valence-electron chi connectivity index (χ4n) is 1.90. The van der Waals surface area contributed by atoms with Gasteiger partial charge in [-0.15, -0.1) is 10.2 Å². The van der Waals surface area contributed by atoms with E-state index in [9.17, 15) is 4.79 Å². The summed E-state index contributed by atoms with van der Waals surface area (Å²) in [5, 5.41) is 9.11. The molecule has 0 amide bonds. The minimum Gasteiger partial charge on any atom is -0.415 e. The third kappa shape index (κ3) is 3.04. The SMILES string of the molecule is CC(C)(C)c1nnc(SCc2nc3ccccc3c(=O)[nH]2)o1. The molecule has 0 saturated heterocycles. The molecule has 0 atom stereocenters. The number of benzene rings is 1. The maximum Gasteiger partial charge on any atom is 0.277 e.